The minimum Gasteiger partial charge on any atom is -0.378 e. The molecular weight excluding hydrogens is 368 g/mol. The predicted octanol–water partition coefficient (Wildman–Crippen LogP) is 4.78. The summed E-state index contributed by atoms with van der Waals surface area (Å²) in [5, 5.41) is 1.89. The zero-order valence-corrected chi connectivity index (χ0v) is 15.6. The summed E-state index contributed by atoms with van der Waals surface area (Å²) in [7, 11) is 0. The Kier molecular flexibility index (Phi) is 5.02. The number of halogens is 1. The van der Waals surface area contributed by atoms with Gasteiger partial charge in [-0.05, 0) is 35.9 Å². The lowest BCUT2D eigenvalue weighted by Gasteiger charge is -2.28. The molecule has 26 heavy (non-hydrogen) atoms. The molecule has 1 fully saturated rings. The van der Waals surface area contributed by atoms with Crippen molar-refractivity contribution in [3.63, 3.8) is 0 Å². The van der Waals surface area contributed by atoms with Crippen molar-refractivity contribution in [3.05, 3.63) is 59.2 Å². The molecule has 3 heterocycles. The minimum atomic E-state index is 0.602. The zero-order valence-electron chi connectivity index (χ0n) is 14.0. The van der Waals surface area contributed by atoms with Gasteiger partial charge in [-0.15, -0.1) is 11.3 Å². The monoisotopic (exact) mass is 384 g/mol. The van der Waals surface area contributed by atoms with Crippen LogP contribution >= 0.6 is 22.9 Å². The largest absolute Gasteiger partial charge is 0.378 e. The number of anilines is 1. The number of aldehydes is 1. The van der Waals surface area contributed by atoms with E-state index >= 15 is 0 Å². The smallest absolute Gasteiger partial charge is 0.152 e. The van der Waals surface area contributed by atoms with Gasteiger partial charge in [-0.1, -0.05) is 23.7 Å². The normalized spacial score (nSPS) is 14.4. The van der Waals surface area contributed by atoms with Gasteiger partial charge in [0.15, 0.2) is 6.29 Å². The number of morpholine rings is 1. The van der Waals surface area contributed by atoms with E-state index in [4.69, 9.17) is 16.3 Å². The average Bonchev–Trinajstić information content (AvgIpc) is 3.14. The molecule has 0 saturated carbocycles. The Hall–Kier alpha value is -2.21. The highest BCUT2D eigenvalue weighted by Gasteiger charge is 2.21. The van der Waals surface area contributed by atoms with Crippen LogP contribution in [0.1, 0.15) is 10.4 Å². The molecule has 132 valence electrons. The van der Waals surface area contributed by atoms with E-state index in [1.165, 1.54) is 5.00 Å². The second kappa shape index (κ2) is 7.58. The van der Waals surface area contributed by atoms with E-state index in [0.717, 1.165) is 54.3 Å². The van der Waals surface area contributed by atoms with Crippen molar-refractivity contribution in [2.24, 2.45) is 0 Å². The minimum absolute atomic E-state index is 0.602. The fourth-order valence-corrected chi connectivity index (χ4v) is 4.43. The average molecular weight is 385 g/mol. The molecule has 0 unspecified atom stereocenters. The molecule has 0 bridgehead atoms. The first-order chi connectivity index (χ1) is 12.8. The van der Waals surface area contributed by atoms with Crippen LogP contribution in [0, 0.1) is 0 Å². The SMILES string of the molecule is O=Cc1cccnc1-c1cc(-c2ccc(Cl)cc2)c(N2CCOCC2)s1. The molecule has 1 saturated heterocycles. The second-order valence-corrected chi connectivity index (χ2v) is 7.46. The van der Waals surface area contributed by atoms with Crippen molar-refractivity contribution < 1.29 is 9.53 Å². The summed E-state index contributed by atoms with van der Waals surface area (Å²) in [6.07, 6.45) is 2.58. The van der Waals surface area contributed by atoms with Crippen LogP contribution in [0.2, 0.25) is 5.02 Å². The Labute approximate surface area is 161 Å². The third kappa shape index (κ3) is 3.38. The van der Waals surface area contributed by atoms with E-state index in [9.17, 15) is 4.79 Å². The van der Waals surface area contributed by atoms with Crippen LogP contribution in [0.3, 0.4) is 0 Å². The van der Waals surface area contributed by atoms with Crippen molar-refractivity contribution >= 4 is 34.2 Å². The molecule has 1 aliphatic heterocycles. The van der Waals surface area contributed by atoms with E-state index in [1.807, 2.05) is 24.3 Å². The molecule has 0 atom stereocenters. The summed E-state index contributed by atoms with van der Waals surface area (Å²) in [4.78, 5) is 19.2. The number of hydrogen-bond acceptors (Lipinski definition) is 5. The topological polar surface area (TPSA) is 42.4 Å². The summed E-state index contributed by atoms with van der Waals surface area (Å²) in [6, 6.07) is 13.5. The molecule has 0 amide bonds. The first-order valence-corrected chi connectivity index (χ1v) is 9.59. The summed E-state index contributed by atoms with van der Waals surface area (Å²) < 4.78 is 5.50. The number of ether oxygens (including phenoxy) is 1. The van der Waals surface area contributed by atoms with Crippen LogP contribution < -0.4 is 4.90 Å². The summed E-state index contributed by atoms with van der Waals surface area (Å²) >= 11 is 7.72. The standard InChI is InChI=1S/C20H17ClN2O2S/c21-16-5-3-14(4-6-16)17-12-18(19-15(13-24)2-1-7-22-19)26-20(17)23-8-10-25-11-9-23/h1-7,12-13H,8-11H2. The van der Waals surface area contributed by atoms with Gasteiger partial charge in [0.05, 0.1) is 28.8 Å². The van der Waals surface area contributed by atoms with Crippen molar-refractivity contribution in [2.75, 3.05) is 31.2 Å². The number of pyridine rings is 1. The molecule has 0 spiro atoms. The van der Waals surface area contributed by atoms with Crippen LogP contribution in [0.4, 0.5) is 5.00 Å². The lowest BCUT2D eigenvalue weighted by Crippen LogP contribution is -2.35. The molecule has 6 heteroatoms. The molecule has 1 aliphatic rings. The molecule has 4 nitrogen and oxygen atoms in total. The van der Waals surface area contributed by atoms with Crippen LogP contribution in [0.5, 0.6) is 0 Å². The van der Waals surface area contributed by atoms with Crippen molar-refractivity contribution in [1.29, 1.82) is 0 Å². The highest BCUT2D eigenvalue weighted by molar-refractivity contribution is 7.20. The Morgan fingerprint density at radius 3 is 2.65 bits per heavy atom. The van der Waals surface area contributed by atoms with E-state index in [-0.39, 0.29) is 0 Å². The number of carbonyl (C=O) groups is 1. The number of aromatic nitrogens is 1. The Morgan fingerprint density at radius 1 is 1.15 bits per heavy atom. The summed E-state index contributed by atoms with van der Waals surface area (Å²) in [6.45, 7) is 3.14. The van der Waals surface area contributed by atoms with E-state index in [0.29, 0.717) is 10.6 Å². The highest BCUT2D eigenvalue weighted by Crippen LogP contribution is 2.43. The lowest BCUT2D eigenvalue weighted by atomic mass is 10.1. The molecule has 3 aromatic rings. The van der Waals surface area contributed by atoms with Crippen LogP contribution in [0.25, 0.3) is 21.7 Å². The Balaban J connectivity index is 1.84. The van der Waals surface area contributed by atoms with E-state index in [2.05, 4.69) is 16.0 Å². The summed E-state index contributed by atoms with van der Waals surface area (Å²) in [5.41, 5.74) is 3.56. The number of benzene rings is 1. The molecule has 0 radical (unpaired) electrons. The molecule has 0 N–H and O–H groups in total. The second-order valence-electron chi connectivity index (χ2n) is 5.99. The maximum Gasteiger partial charge on any atom is 0.152 e. The predicted molar refractivity (Wildman–Crippen MR) is 106 cm³/mol. The fourth-order valence-electron chi connectivity index (χ4n) is 3.05. The third-order valence-corrected chi connectivity index (χ3v) is 5.82. The number of nitrogens with zero attached hydrogens (tertiary/aromatic N) is 2. The number of hydrogen-bond donors (Lipinski definition) is 0. The lowest BCUT2D eigenvalue weighted by molar-refractivity contribution is 0.112. The van der Waals surface area contributed by atoms with Crippen molar-refractivity contribution in [2.45, 2.75) is 0 Å². The third-order valence-electron chi connectivity index (χ3n) is 4.37. The van der Waals surface area contributed by atoms with Crippen LogP contribution in [-0.2, 0) is 4.74 Å². The Bertz CT molecular complexity index is 918. The zero-order chi connectivity index (χ0) is 17.9. The molecule has 4 rings (SSSR count). The highest BCUT2D eigenvalue weighted by atomic mass is 35.5. The fraction of sp³-hybridized carbons (Fsp3) is 0.200. The van der Waals surface area contributed by atoms with Gasteiger partial charge in [-0.3, -0.25) is 9.78 Å². The van der Waals surface area contributed by atoms with E-state index < -0.39 is 0 Å². The van der Waals surface area contributed by atoms with Crippen molar-refractivity contribution in [1.82, 2.24) is 4.98 Å². The quantitative estimate of drug-likeness (QED) is 0.607. The van der Waals surface area contributed by atoms with Gasteiger partial charge in [-0.25, -0.2) is 0 Å². The molecule has 2 aromatic heterocycles. The number of carbonyl (C=O) groups excluding carboxylic acids is 1. The van der Waals surface area contributed by atoms with Gasteiger partial charge in [0.1, 0.15) is 0 Å². The van der Waals surface area contributed by atoms with Gasteiger partial charge in [-0.2, -0.15) is 0 Å². The van der Waals surface area contributed by atoms with Gasteiger partial charge < -0.3 is 9.64 Å². The number of rotatable bonds is 4. The van der Waals surface area contributed by atoms with Crippen molar-refractivity contribution in [3.8, 4) is 21.7 Å². The maximum atomic E-state index is 11.4. The summed E-state index contributed by atoms with van der Waals surface area (Å²) in [5.74, 6) is 0. The first-order valence-electron chi connectivity index (χ1n) is 8.39. The van der Waals surface area contributed by atoms with Gasteiger partial charge in [0, 0.05) is 35.4 Å². The van der Waals surface area contributed by atoms with Crippen LogP contribution in [0.15, 0.2) is 48.7 Å². The molecule has 1 aromatic carbocycles. The molecule has 0 aliphatic carbocycles. The first kappa shape index (κ1) is 17.2. The van der Waals surface area contributed by atoms with Crippen LogP contribution in [-0.4, -0.2) is 37.6 Å². The van der Waals surface area contributed by atoms with E-state index in [1.54, 1.807) is 29.7 Å². The van der Waals surface area contributed by atoms with Gasteiger partial charge in [0.25, 0.3) is 0 Å². The maximum absolute atomic E-state index is 11.4. The Morgan fingerprint density at radius 2 is 1.92 bits per heavy atom. The van der Waals surface area contributed by atoms with Gasteiger partial charge in [0.2, 0.25) is 0 Å². The van der Waals surface area contributed by atoms with Gasteiger partial charge >= 0.3 is 0 Å². The molecular formula is C20H17ClN2O2S. The number of thiophene rings is 1.